The van der Waals surface area contributed by atoms with Crippen LogP contribution >= 0.6 is 11.3 Å². The molecule has 1 aromatic carbocycles. The number of nitrogens with zero attached hydrogens (tertiary/aromatic N) is 4. The molecule has 0 saturated carbocycles. The molecule has 2 heterocycles. The lowest BCUT2D eigenvalue weighted by Crippen LogP contribution is -2.54. The van der Waals surface area contributed by atoms with Gasteiger partial charge in [0, 0.05) is 30.9 Å². The molecule has 186 valence electrons. The molecule has 1 aromatic heterocycles. The van der Waals surface area contributed by atoms with Gasteiger partial charge >= 0.3 is 12.4 Å². The molecular weight excluding hydrogens is 512 g/mol. The van der Waals surface area contributed by atoms with Gasteiger partial charge < -0.3 is 15.7 Å². The van der Waals surface area contributed by atoms with Crippen LogP contribution in [-0.2, 0) is 15.6 Å². The zero-order valence-corrected chi connectivity index (χ0v) is 18.9. The van der Waals surface area contributed by atoms with Gasteiger partial charge in [0.05, 0.1) is 0 Å². The molecule has 8 nitrogen and oxygen atoms in total. The Balaban J connectivity index is 1.90. The first-order valence-corrected chi connectivity index (χ1v) is 11.6. The zero-order chi connectivity index (χ0) is 25.5. The second kappa shape index (κ2) is 8.87. The van der Waals surface area contributed by atoms with Crippen molar-refractivity contribution in [3.8, 4) is 11.8 Å². The number of aromatic nitrogens is 2. The number of hydrogen-bond donors (Lipinski definition) is 2. The summed E-state index contributed by atoms with van der Waals surface area (Å²) < 4.78 is 105. The largest absolute Gasteiger partial charge is 0.430 e. The molecule has 3 rings (SSSR count). The highest BCUT2D eigenvalue weighted by Gasteiger charge is 2.71. The topological polar surface area (TPSA) is 113 Å². The number of rotatable bonds is 4. The van der Waals surface area contributed by atoms with E-state index in [1.807, 2.05) is 0 Å². The second-order valence-corrected chi connectivity index (χ2v) is 10.2. The Morgan fingerprint density at radius 3 is 2.15 bits per heavy atom. The number of nitrogen functional groups attached to an aromatic ring is 1. The molecule has 1 fully saturated rings. The van der Waals surface area contributed by atoms with Crippen LogP contribution in [0.1, 0.15) is 12.5 Å². The van der Waals surface area contributed by atoms with Gasteiger partial charge in [0.25, 0.3) is 15.6 Å². The number of sulfonamides is 1. The number of benzene rings is 1. The maximum Gasteiger partial charge on any atom is 0.430 e. The summed E-state index contributed by atoms with van der Waals surface area (Å²) in [4.78, 5) is 1.54. The van der Waals surface area contributed by atoms with E-state index in [4.69, 9.17) is 5.73 Å². The van der Waals surface area contributed by atoms with Crippen molar-refractivity contribution in [2.45, 2.75) is 35.3 Å². The summed E-state index contributed by atoms with van der Waals surface area (Å²) in [5, 5.41) is 16.5. The lowest BCUT2D eigenvalue weighted by molar-refractivity contribution is -0.376. The zero-order valence-electron chi connectivity index (χ0n) is 17.2. The van der Waals surface area contributed by atoms with E-state index in [0.717, 1.165) is 16.4 Å². The van der Waals surface area contributed by atoms with Crippen molar-refractivity contribution in [2.75, 3.05) is 30.3 Å². The number of halogens is 6. The first-order valence-electron chi connectivity index (χ1n) is 9.37. The minimum atomic E-state index is -6.00. The second-order valence-electron chi connectivity index (χ2n) is 7.13. The third-order valence-electron chi connectivity index (χ3n) is 5.07. The molecule has 0 spiro atoms. The highest BCUT2D eigenvalue weighted by Crippen LogP contribution is 2.50. The monoisotopic (exact) mass is 529 g/mol. The molecule has 34 heavy (non-hydrogen) atoms. The maximum atomic E-state index is 13.1. The highest BCUT2D eigenvalue weighted by atomic mass is 32.2. The van der Waals surface area contributed by atoms with Crippen LogP contribution in [0.25, 0.3) is 0 Å². The Labute approximate surface area is 194 Å². The fourth-order valence-corrected chi connectivity index (χ4v) is 5.75. The summed E-state index contributed by atoms with van der Waals surface area (Å²) in [6.45, 7) is 1.29. The number of hydrogen-bond acceptors (Lipinski definition) is 8. The van der Waals surface area contributed by atoms with Crippen molar-refractivity contribution in [3.05, 3.63) is 29.8 Å². The van der Waals surface area contributed by atoms with Crippen molar-refractivity contribution in [1.82, 2.24) is 14.5 Å². The van der Waals surface area contributed by atoms with Crippen molar-refractivity contribution in [1.29, 1.82) is 0 Å². The normalized spacial score (nSPS) is 18.5. The Morgan fingerprint density at radius 1 is 1.09 bits per heavy atom. The molecular formula is C18H17F6N5O3S2. The lowest BCUT2D eigenvalue weighted by atomic mass is 9.92. The molecule has 0 amide bonds. The number of alkyl halides is 6. The van der Waals surface area contributed by atoms with Crippen LogP contribution in [0.15, 0.2) is 28.6 Å². The summed E-state index contributed by atoms with van der Waals surface area (Å²) >= 11 is 0.677. The Kier molecular flexibility index (Phi) is 6.79. The van der Waals surface area contributed by atoms with E-state index in [9.17, 15) is 39.9 Å². The van der Waals surface area contributed by atoms with Gasteiger partial charge in [-0.05, 0) is 19.1 Å². The number of nitrogens with two attached hydrogens (primary N) is 1. The number of anilines is 2. The van der Waals surface area contributed by atoms with E-state index in [0.29, 0.717) is 23.5 Å². The van der Waals surface area contributed by atoms with Gasteiger partial charge in [0.15, 0.2) is 0 Å². The molecule has 1 saturated heterocycles. The third kappa shape index (κ3) is 4.52. The van der Waals surface area contributed by atoms with E-state index in [2.05, 4.69) is 22.0 Å². The van der Waals surface area contributed by atoms with Crippen molar-refractivity contribution in [3.63, 3.8) is 0 Å². The fraction of sp³-hybridized carbons (Fsp3) is 0.444. The predicted octanol–water partition coefficient (Wildman–Crippen LogP) is 2.34. The summed E-state index contributed by atoms with van der Waals surface area (Å²) in [6.07, 6.45) is -12.0. The minimum Gasteiger partial charge on any atom is -0.374 e. The molecule has 0 aliphatic carbocycles. The van der Waals surface area contributed by atoms with Gasteiger partial charge in [-0.3, -0.25) is 0 Å². The van der Waals surface area contributed by atoms with Crippen molar-refractivity contribution >= 4 is 32.2 Å². The molecule has 0 radical (unpaired) electrons. The number of aliphatic hydroxyl groups is 1. The average molecular weight is 529 g/mol. The molecule has 1 aliphatic rings. The summed E-state index contributed by atoms with van der Waals surface area (Å²) in [5.41, 5.74) is -0.801. The molecule has 16 heteroatoms. The molecule has 1 aliphatic heterocycles. The standard InChI is InChI=1S/C18H17F6N5O3S2/c1-2-3-13-10-28(34(31,32)15-27-26-14(25)33-15)8-9-29(13)12-6-4-11(5-7-12)16(30,17(19,20)21)18(22,23)24/h4-7,13,30H,8-10H2,1H3,(H2,25,26). The van der Waals surface area contributed by atoms with E-state index < -0.39 is 39.6 Å². The highest BCUT2D eigenvalue weighted by molar-refractivity contribution is 7.91. The third-order valence-corrected chi connectivity index (χ3v) is 8.04. The lowest BCUT2D eigenvalue weighted by Gasteiger charge is -2.39. The Bertz CT molecular complexity index is 1190. The van der Waals surface area contributed by atoms with Gasteiger partial charge in [-0.25, -0.2) is 8.42 Å². The maximum absolute atomic E-state index is 13.1. The average Bonchev–Trinajstić information content (AvgIpc) is 3.19. The Morgan fingerprint density at radius 2 is 1.68 bits per heavy atom. The molecule has 1 unspecified atom stereocenters. The summed E-state index contributed by atoms with van der Waals surface area (Å²) in [5.74, 6) is 5.42. The van der Waals surface area contributed by atoms with E-state index in [1.165, 1.54) is 6.92 Å². The minimum absolute atomic E-state index is 0.0228. The van der Waals surface area contributed by atoms with Crippen LogP contribution in [0.3, 0.4) is 0 Å². The van der Waals surface area contributed by atoms with Crippen LogP contribution in [0.5, 0.6) is 0 Å². The number of piperazine rings is 1. The molecule has 0 bridgehead atoms. The molecule has 1 atom stereocenters. The van der Waals surface area contributed by atoms with Gasteiger partial charge in [-0.2, -0.15) is 30.6 Å². The quantitative estimate of drug-likeness (QED) is 0.462. The van der Waals surface area contributed by atoms with Gasteiger partial charge in [0.2, 0.25) is 9.47 Å². The summed E-state index contributed by atoms with van der Waals surface area (Å²) in [6, 6.07) is 2.25. The van der Waals surface area contributed by atoms with Crippen LogP contribution in [0.4, 0.5) is 37.2 Å². The predicted molar refractivity (Wildman–Crippen MR) is 110 cm³/mol. The smallest absolute Gasteiger partial charge is 0.374 e. The van der Waals surface area contributed by atoms with Crippen LogP contribution in [-0.4, -0.2) is 66.1 Å². The van der Waals surface area contributed by atoms with Crippen LogP contribution in [0.2, 0.25) is 0 Å². The van der Waals surface area contributed by atoms with Crippen LogP contribution in [0, 0.1) is 11.8 Å². The van der Waals surface area contributed by atoms with E-state index in [1.54, 1.807) is 4.90 Å². The van der Waals surface area contributed by atoms with Crippen molar-refractivity contribution < 1.29 is 39.9 Å². The first-order chi connectivity index (χ1) is 15.6. The summed E-state index contributed by atoms with van der Waals surface area (Å²) in [7, 11) is -4.04. The van der Waals surface area contributed by atoms with Gasteiger partial charge in [-0.15, -0.1) is 16.1 Å². The Hall–Kier alpha value is -2.61. The fourth-order valence-electron chi connectivity index (χ4n) is 3.39. The van der Waals surface area contributed by atoms with E-state index in [-0.39, 0.29) is 34.8 Å². The van der Waals surface area contributed by atoms with Gasteiger partial charge in [-0.1, -0.05) is 29.4 Å². The first kappa shape index (κ1) is 26.0. The van der Waals surface area contributed by atoms with Crippen LogP contribution < -0.4 is 10.6 Å². The van der Waals surface area contributed by atoms with Gasteiger partial charge in [0.1, 0.15) is 6.04 Å². The molecule has 2 aromatic rings. The van der Waals surface area contributed by atoms with E-state index >= 15 is 0 Å². The van der Waals surface area contributed by atoms with Crippen molar-refractivity contribution in [2.24, 2.45) is 0 Å². The molecule has 3 N–H and O–H groups in total. The SMILES string of the molecule is CC#CC1CN(S(=O)(=O)c2nnc(N)s2)CCN1c1ccc(C(O)(C(F)(F)F)C(F)(F)F)cc1.